The second kappa shape index (κ2) is 6.90. The van der Waals surface area contributed by atoms with E-state index >= 15 is 0 Å². The standard InChI is InChI=1S/C13H18N4OS2/c1-9(20-13-16-15-10(2)17(13)3)12(18)14-7-6-11-5-4-8-19-11/h4-5,8-9H,6-7H2,1-3H3,(H,14,18)/t9-/m0/s1. The van der Waals surface area contributed by atoms with E-state index in [0.717, 1.165) is 17.4 Å². The summed E-state index contributed by atoms with van der Waals surface area (Å²) in [5.74, 6) is 0.880. The number of nitrogens with zero attached hydrogens (tertiary/aromatic N) is 3. The molecule has 2 aromatic heterocycles. The van der Waals surface area contributed by atoms with Crippen LogP contribution in [0.2, 0.25) is 0 Å². The largest absolute Gasteiger partial charge is 0.355 e. The van der Waals surface area contributed by atoms with Crippen molar-refractivity contribution in [3.63, 3.8) is 0 Å². The fourth-order valence-corrected chi connectivity index (χ4v) is 3.20. The van der Waals surface area contributed by atoms with Gasteiger partial charge in [-0.1, -0.05) is 17.8 Å². The third-order valence-corrected chi connectivity index (χ3v) is 5.02. The molecule has 0 bridgehead atoms. The van der Waals surface area contributed by atoms with Crippen LogP contribution in [-0.2, 0) is 18.3 Å². The van der Waals surface area contributed by atoms with E-state index in [1.807, 2.05) is 36.9 Å². The van der Waals surface area contributed by atoms with Crippen LogP contribution < -0.4 is 5.32 Å². The Kier molecular flexibility index (Phi) is 5.19. The van der Waals surface area contributed by atoms with Gasteiger partial charge in [0.2, 0.25) is 5.91 Å². The summed E-state index contributed by atoms with van der Waals surface area (Å²) in [7, 11) is 1.90. The van der Waals surface area contributed by atoms with E-state index < -0.39 is 0 Å². The van der Waals surface area contributed by atoms with Gasteiger partial charge in [0.25, 0.3) is 0 Å². The van der Waals surface area contributed by atoms with E-state index in [1.165, 1.54) is 16.6 Å². The molecular weight excluding hydrogens is 292 g/mol. The zero-order chi connectivity index (χ0) is 14.5. The number of rotatable bonds is 6. The Labute approximate surface area is 126 Å². The Bertz CT molecular complexity index is 565. The second-order valence-corrected chi connectivity index (χ2v) is 6.81. The first-order chi connectivity index (χ1) is 9.58. The molecule has 0 spiro atoms. The van der Waals surface area contributed by atoms with E-state index in [0.29, 0.717) is 6.54 Å². The maximum atomic E-state index is 12.0. The highest BCUT2D eigenvalue weighted by Gasteiger charge is 2.17. The summed E-state index contributed by atoms with van der Waals surface area (Å²) in [5.41, 5.74) is 0. The molecule has 0 fully saturated rings. The summed E-state index contributed by atoms with van der Waals surface area (Å²) in [4.78, 5) is 13.3. The van der Waals surface area contributed by atoms with Crippen molar-refractivity contribution < 1.29 is 4.79 Å². The molecule has 0 radical (unpaired) electrons. The topological polar surface area (TPSA) is 59.8 Å². The number of thioether (sulfide) groups is 1. The van der Waals surface area contributed by atoms with Gasteiger partial charge in [-0.25, -0.2) is 0 Å². The fraction of sp³-hybridized carbons (Fsp3) is 0.462. The van der Waals surface area contributed by atoms with Gasteiger partial charge in [-0.15, -0.1) is 21.5 Å². The molecule has 0 aliphatic carbocycles. The maximum Gasteiger partial charge on any atom is 0.233 e. The average molecular weight is 310 g/mol. The van der Waals surface area contributed by atoms with Gasteiger partial charge < -0.3 is 9.88 Å². The summed E-state index contributed by atoms with van der Waals surface area (Å²) >= 11 is 3.14. The van der Waals surface area contributed by atoms with Crippen LogP contribution in [0.3, 0.4) is 0 Å². The zero-order valence-electron chi connectivity index (χ0n) is 11.8. The van der Waals surface area contributed by atoms with Crippen LogP contribution >= 0.6 is 23.1 Å². The highest BCUT2D eigenvalue weighted by Crippen LogP contribution is 2.21. The Morgan fingerprint density at radius 2 is 2.35 bits per heavy atom. The highest BCUT2D eigenvalue weighted by molar-refractivity contribution is 8.00. The Morgan fingerprint density at radius 3 is 2.95 bits per heavy atom. The highest BCUT2D eigenvalue weighted by atomic mass is 32.2. The van der Waals surface area contributed by atoms with Crippen LogP contribution in [0.25, 0.3) is 0 Å². The van der Waals surface area contributed by atoms with E-state index in [9.17, 15) is 4.79 Å². The number of hydrogen-bond donors (Lipinski definition) is 1. The van der Waals surface area contributed by atoms with Crippen molar-refractivity contribution in [3.8, 4) is 0 Å². The van der Waals surface area contributed by atoms with E-state index in [-0.39, 0.29) is 11.2 Å². The van der Waals surface area contributed by atoms with Gasteiger partial charge in [0.05, 0.1) is 5.25 Å². The van der Waals surface area contributed by atoms with Crippen molar-refractivity contribution in [2.24, 2.45) is 7.05 Å². The number of nitrogens with one attached hydrogen (secondary N) is 1. The van der Waals surface area contributed by atoms with E-state index in [1.54, 1.807) is 11.3 Å². The molecular formula is C13H18N4OS2. The number of carbonyl (C=O) groups excluding carboxylic acids is 1. The third kappa shape index (κ3) is 3.83. The molecule has 0 aliphatic heterocycles. The number of aromatic nitrogens is 3. The molecule has 1 N–H and O–H groups in total. The van der Waals surface area contributed by atoms with Crippen LogP contribution in [0.4, 0.5) is 0 Å². The maximum absolute atomic E-state index is 12.0. The molecule has 0 unspecified atom stereocenters. The lowest BCUT2D eigenvalue weighted by atomic mass is 10.3. The van der Waals surface area contributed by atoms with Crippen LogP contribution in [0, 0.1) is 6.92 Å². The summed E-state index contributed by atoms with van der Waals surface area (Å²) in [6, 6.07) is 4.11. The number of aryl methyl sites for hydroxylation is 1. The first kappa shape index (κ1) is 15.1. The first-order valence-electron chi connectivity index (χ1n) is 6.40. The molecule has 0 saturated heterocycles. The summed E-state index contributed by atoms with van der Waals surface area (Å²) in [5, 5.41) is 13.6. The minimum Gasteiger partial charge on any atom is -0.355 e. The Hall–Kier alpha value is -1.34. The SMILES string of the molecule is Cc1nnc(S[C@@H](C)C(=O)NCCc2cccs2)n1C. The van der Waals surface area contributed by atoms with Crippen LogP contribution in [0.15, 0.2) is 22.7 Å². The molecule has 1 amide bonds. The predicted octanol–water partition coefficient (Wildman–Crippen LogP) is 2.02. The molecule has 0 aliphatic rings. The van der Waals surface area contributed by atoms with Crippen molar-refractivity contribution in [3.05, 3.63) is 28.2 Å². The predicted molar refractivity (Wildman–Crippen MR) is 82.1 cm³/mol. The van der Waals surface area contributed by atoms with Crippen molar-refractivity contribution in [1.29, 1.82) is 0 Å². The minimum absolute atomic E-state index is 0.0345. The molecule has 0 aromatic carbocycles. The van der Waals surface area contributed by atoms with Crippen LogP contribution in [0.1, 0.15) is 17.6 Å². The average Bonchev–Trinajstić information content (AvgIpc) is 3.04. The molecule has 5 nitrogen and oxygen atoms in total. The molecule has 108 valence electrons. The smallest absolute Gasteiger partial charge is 0.233 e. The molecule has 2 aromatic rings. The summed E-state index contributed by atoms with van der Waals surface area (Å²) < 4.78 is 1.89. The van der Waals surface area contributed by atoms with Crippen molar-refractivity contribution >= 4 is 29.0 Å². The van der Waals surface area contributed by atoms with Gasteiger partial charge in [0.15, 0.2) is 5.16 Å². The molecule has 2 heterocycles. The van der Waals surface area contributed by atoms with Crippen LogP contribution in [-0.4, -0.2) is 32.5 Å². The molecule has 2 rings (SSSR count). The van der Waals surface area contributed by atoms with E-state index in [4.69, 9.17) is 0 Å². The Balaban J connectivity index is 1.78. The van der Waals surface area contributed by atoms with Crippen molar-refractivity contribution in [1.82, 2.24) is 20.1 Å². The van der Waals surface area contributed by atoms with Gasteiger partial charge in [0.1, 0.15) is 5.82 Å². The lowest BCUT2D eigenvalue weighted by Gasteiger charge is -2.11. The Morgan fingerprint density at radius 1 is 1.55 bits per heavy atom. The van der Waals surface area contributed by atoms with Gasteiger partial charge in [-0.05, 0) is 31.7 Å². The van der Waals surface area contributed by atoms with E-state index in [2.05, 4.69) is 21.6 Å². The zero-order valence-corrected chi connectivity index (χ0v) is 13.4. The van der Waals surface area contributed by atoms with Gasteiger partial charge in [0, 0.05) is 18.5 Å². The molecule has 7 heteroatoms. The summed E-state index contributed by atoms with van der Waals surface area (Å²) in [6.45, 7) is 4.44. The van der Waals surface area contributed by atoms with Crippen LogP contribution in [0.5, 0.6) is 0 Å². The summed E-state index contributed by atoms with van der Waals surface area (Å²) in [6.07, 6.45) is 0.879. The van der Waals surface area contributed by atoms with Crippen molar-refractivity contribution in [2.45, 2.75) is 30.7 Å². The molecule has 1 atom stereocenters. The molecule has 20 heavy (non-hydrogen) atoms. The van der Waals surface area contributed by atoms with Gasteiger partial charge in [-0.3, -0.25) is 4.79 Å². The molecule has 0 saturated carbocycles. The lowest BCUT2D eigenvalue weighted by Crippen LogP contribution is -2.32. The number of amides is 1. The van der Waals surface area contributed by atoms with Crippen molar-refractivity contribution in [2.75, 3.05) is 6.54 Å². The quantitative estimate of drug-likeness (QED) is 0.829. The monoisotopic (exact) mass is 310 g/mol. The fourth-order valence-electron chi connectivity index (χ4n) is 1.61. The number of carbonyl (C=O) groups is 1. The number of hydrogen-bond acceptors (Lipinski definition) is 5. The normalized spacial score (nSPS) is 12.3. The lowest BCUT2D eigenvalue weighted by molar-refractivity contribution is -0.120. The first-order valence-corrected chi connectivity index (χ1v) is 8.16. The third-order valence-electron chi connectivity index (χ3n) is 2.95. The van der Waals surface area contributed by atoms with Gasteiger partial charge >= 0.3 is 0 Å². The second-order valence-electron chi connectivity index (χ2n) is 4.47. The van der Waals surface area contributed by atoms with Gasteiger partial charge in [-0.2, -0.15) is 0 Å². The minimum atomic E-state index is -0.180. The number of thiophene rings is 1.